The summed E-state index contributed by atoms with van der Waals surface area (Å²) in [7, 11) is 0. The Morgan fingerprint density at radius 2 is 1.59 bits per heavy atom. The Hall–Kier alpha value is -3.15. The van der Waals surface area contributed by atoms with Crippen LogP contribution in [0.3, 0.4) is 0 Å². The van der Waals surface area contributed by atoms with E-state index in [0.717, 1.165) is 0 Å². The minimum Gasteiger partial charge on any atom is -0.371 e. The van der Waals surface area contributed by atoms with Gasteiger partial charge in [-0.2, -0.15) is 26.3 Å². The molecule has 0 saturated carbocycles. The van der Waals surface area contributed by atoms with Gasteiger partial charge in [-0.05, 0) is 67.6 Å². The molecular weight excluding hydrogens is 533 g/mol. The van der Waals surface area contributed by atoms with Gasteiger partial charge >= 0.3 is 12.4 Å². The van der Waals surface area contributed by atoms with Crippen LogP contribution in [0.15, 0.2) is 42.5 Å². The van der Waals surface area contributed by atoms with E-state index in [1.165, 1.54) is 24.3 Å². The predicted molar refractivity (Wildman–Crippen MR) is 126 cm³/mol. The van der Waals surface area contributed by atoms with E-state index in [0.29, 0.717) is 30.5 Å². The van der Waals surface area contributed by atoms with Crippen LogP contribution in [0, 0.1) is 11.7 Å². The Balaban J connectivity index is 1.65. The number of carbonyl (C=O) groups excluding carboxylic acids is 2. The van der Waals surface area contributed by atoms with Gasteiger partial charge in [-0.25, -0.2) is 4.39 Å². The number of nitrogens with zero attached hydrogens (tertiary/aromatic N) is 1. The van der Waals surface area contributed by atoms with Crippen molar-refractivity contribution in [1.82, 2.24) is 10.2 Å². The number of nitrogens with one attached hydrogen (secondary N) is 1. The Morgan fingerprint density at radius 1 is 1.00 bits per heavy atom. The van der Waals surface area contributed by atoms with Gasteiger partial charge in [0.05, 0.1) is 23.8 Å². The molecule has 5 nitrogen and oxygen atoms in total. The van der Waals surface area contributed by atoms with E-state index in [1.54, 1.807) is 18.7 Å². The summed E-state index contributed by atoms with van der Waals surface area (Å²) in [6.07, 6.45) is -9.64. The number of fused-ring (bicyclic) bond motifs is 1. The van der Waals surface area contributed by atoms with Gasteiger partial charge in [0.1, 0.15) is 5.82 Å². The van der Waals surface area contributed by atoms with Crippen LogP contribution in [0.4, 0.5) is 30.7 Å². The van der Waals surface area contributed by atoms with Crippen LogP contribution in [0.1, 0.15) is 54.9 Å². The first kappa shape index (κ1) is 28.8. The third kappa shape index (κ3) is 6.21. The summed E-state index contributed by atoms with van der Waals surface area (Å²) in [6, 6.07) is 6.35. The van der Waals surface area contributed by atoms with Crippen LogP contribution in [-0.4, -0.2) is 41.4 Å². The molecule has 0 bridgehead atoms. The molecule has 4 atom stereocenters. The molecule has 2 amide bonds. The Kier molecular flexibility index (Phi) is 7.72. The quantitative estimate of drug-likeness (QED) is 0.351. The van der Waals surface area contributed by atoms with Crippen molar-refractivity contribution < 1.29 is 45.1 Å². The lowest BCUT2D eigenvalue weighted by atomic mass is 9.74. The number of ether oxygens (including phenoxy) is 1. The molecule has 4 unspecified atom stereocenters. The molecule has 0 radical (unpaired) electrons. The molecular formula is C27H27F7N2O3. The Labute approximate surface area is 220 Å². The second kappa shape index (κ2) is 10.4. The minimum absolute atomic E-state index is 0.0502. The van der Waals surface area contributed by atoms with Crippen molar-refractivity contribution in [2.24, 2.45) is 5.92 Å². The molecule has 2 fully saturated rings. The average molecular weight is 561 g/mol. The van der Waals surface area contributed by atoms with Crippen LogP contribution in [-0.2, 0) is 33.3 Å². The maximum absolute atomic E-state index is 13.7. The SMILES string of the molecule is CC(C)(NC=O)C1CC(=O)N2CC(OCc3cc(C(F)(F)F)cc(C(F)(F)F)c3)C(c3ccc(F)cc3)C2C1. The van der Waals surface area contributed by atoms with E-state index < -0.39 is 59.5 Å². The van der Waals surface area contributed by atoms with E-state index >= 15 is 0 Å². The zero-order valence-corrected chi connectivity index (χ0v) is 21.1. The molecule has 2 aliphatic heterocycles. The first-order valence-electron chi connectivity index (χ1n) is 12.3. The van der Waals surface area contributed by atoms with Crippen molar-refractivity contribution in [2.75, 3.05) is 6.54 Å². The molecule has 2 saturated heterocycles. The molecule has 0 spiro atoms. The Morgan fingerprint density at radius 3 is 2.13 bits per heavy atom. The second-order valence-electron chi connectivity index (χ2n) is 10.6. The smallest absolute Gasteiger partial charge is 0.371 e. The Bertz CT molecular complexity index is 1180. The van der Waals surface area contributed by atoms with Crippen molar-refractivity contribution in [2.45, 2.75) is 69.3 Å². The molecule has 39 heavy (non-hydrogen) atoms. The molecule has 0 aliphatic carbocycles. The number of halogens is 7. The highest BCUT2D eigenvalue weighted by Gasteiger charge is 2.51. The lowest BCUT2D eigenvalue weighted by molar-refractivity contribution is -0.143. The van der Waals surface area contributed by atoms with E-state index in [9.17, 15) is 40.3 Å². The van der Waals surface area contributed by atoms with E-state index in [1.807, 2.05) is 0 Å². The largest absolute Gasteiger partial charge is 0.416 e. The molecule has 0 aromatic heterocycles. The molecule has 1 N–H and O–H groups in total. The van der Waals surface area contributed by atoms with Gasteiger partial charge in [-0.15, -0.1) is 0 Å². The normalized spacial score (nSPS) is 24.0. The lowest BCUT2D eigenvalue weighted by Crippen LogP contribution is -2.54. The number of hydrogen-bond donors (Lipinski definition) is 1. The van der Waals surface area contributed by atoms with E-state index in [-0.39, 0.29) is 36.4 Å². The second-order valence-corrected chi connectivity index (χ2v) is 10.6. The minimum atomic E-state index is -5.00. The van der Waals surface area contributed by atoms with Crippen LogP contribution in [0.5, 0.6) is 0 Å². The highest BCUT2D eigenvalue weighted by atomic mass is 19.4. The van der Waals surface area contributed by atoms with Gasteiger partial charge in [0.15, 0.2) is 0 Å². The fourth-order valence-corrected chi connectivity index (χ4v) is 5.55. The van der Waals surface area contributed by atoms with Gasteiger partial charge in [0.2, 0.25) is 12.3 Å². The van der Waals surface area contributed by atoms with Crippen molar-refractivity contribution in [3.63, 3.8) is 0 Å². The van der Waals surface area contributed by atoms with Crippen molar-refractivity contribution in [3.05, 3.63) is 70.5 Å². The first-order valence-corrected chi connectivity index (χ1v) is 12.3. The summed E-state index contributed by atoms with van der Waals surface area (Å²) in [5.41, 5.74) is -3.32. The van der Waals surface area contributed by atoms with Gasteiger partial charge < -0.3 is 15.0 Å². The number of amides is 2. The van der Waals surface area contributed by atoms with Gasteiger partial charge in [-0.1, -0.05) is 12.1 Å². The molecule has 2 aliphatic rings. The highest BCUT2D eigenvalue weighted by molar-refractivity contribution is 5.79. The van der Waals surface area contributed by atoms with Gasteiger partial charge in [-0.3, -0.25) is 9.59 Å². The maximum atomic E-state index is 13.7. The monoisotopic (exact) mass is 560 g/mol. The molecule has 212 valence electrons. The number of rotatable bonds is 7. The topological polar surface area (TPSA) is 58.6 Å². The number of carbonyl (C=O) groups is 2. The summed E-state index contributed by atoms with van der Waals surface area (Å²) >= 11 is 0. The van der Waals surface area contributed by atoms with Crippen LogP contribution >= 0.6 is 0 Å². The average Bonchev–Trinajstić information content (AvgIpc) is 3.21. The highest BCUT2D eigenvalue weighted by Crippen LogP contribution is 2.45. The van der Waals surface area contributed by atoms with Gasteiger partial charge in [0, 0.05) is 30.5 Å². The summed E-state index contributed by atoms with van der Waals surface area (Å²) < 4.78 is 99.5. The maximum Gasteiger partial charge on any atom is 0.416 e. The van der Waals surface area contributed by atoms with Crippen molar-refractivity contribution in [3.8, 4) is 0 Å². The molecule has 2 aromatic rings. The number of alkyl halides is 6. The van der Waals surface area contributed by atoms with Crippen molar-refractivity contribution in [1.29, 1.82) is 0 Å². The summed E-state index contributed by atoms with van der Waals surface area (Å²) in [5, 5.41) is 2.73. The van der Waals surface area contributed by atoms with E-state index in [4.69, 9.17) is 4.74 Å². The number of hydrogen-bond acceptors (Lipinski definition) is 3. The van der Waals surface area contributed by atoms with Crippen LogP contribution < -0.4 is 5.32 Å². The van der Waals surface area contributed by atoms with Crippen molar-refractivity contribution >= 4 is 12.3 Å². The van der Waals surface area contributed by atoms with Gasteiger partial charge in [0.25, 0.3) is 0 Å². The molecule has 2 aromatic carbocycles. The molecule has 2 heterocycles. The summed E-state index contributed by atoms with van der Waals surface area (Å²) in [4.78, 5) is 25.9. The number of piperidine rings is 1. The lowest BCUT2D eigenvalue weighted by Gasteiger charge is -2.43. The predicted octanol–water partition coefficient (Wildman–Crippen LogP) is 5.68. The standard InChI is InChI=1S/C27H27F7N2O3/c1-25(2,35-14-37)17-10-21-24(16-3-5-20(28)6-4-16)22(12-36(21)23(38)11-17)39-13-15-7-18(26(29,30)31)9-19(8-15)27(32,33)34/h3-9,14,17,21-22,24H,10-13H2,1-2H3,(H,35,37). The fraction of sp³-hybridized carbons (Fsp3) is 0.481. The van der Waals surface area contributed by atoms with E-state index in [2.05, 4.69) is 5.32 Å². The molecule has 12 heteroatoms. The zero-order valence-electron chi connectivity index (χ0n) is 21.1. The zero-order chi connectivity index (χ0) is 28.8. The summed E-state index contributed by atoms with van der Waals surface area (Å²) in [5.74, 6) is -1.49. The molecule has 4 rings (SSSR count). The van der Waals surface area contributed by atoms with Crippen LogP contribution in [0.25, 0.3) is 0 Å². The first-order chi connectivity index (χ1) is 18.1. The third-order valence-electron chi connectivity index (χ3n) is 7.68. The van der Waals surface area contributed by atoms with Crippen LogP contribution in [0.2, 0.25) is 0 Å². The third-order valence-corrected chi connectivity index (χ3v) is 7.68. The number of benzene rings is 2. The summed E-state index contributed by atoms with van der Waals surface area (Å²) in [6.45, 7) is 3.07. The fourth-order valence-electron chi connectivity index (χ4n) is 5.55.